The number of aryl methyl sites for hydroxylation is 1. The molecule has 0 aliphatic rings. The smallest absolute Gasteiger partial charge is 0.194 e. The first-order chi connectivity index (χ1) is 12.5. The Kier molecular flexibility index (Phi) is 9.79. The van der Waals surface area contributed by atoms with E-state index < -0.39 is 0 Å². The Labute approximate surface area is 183 Å². The summed E-state index contributed by atoms with van der Waals surface area (Å²) < 4.78 is 13.0. The molecule has 0 saturated heterocycles. The summed E-state index contributed by atoms with van der Waals surface area (Å²) in [6.07, 6.45) is 1.90. The number of hydrogen-bond donors (Lipinski definition) is 1. The summed E-state index contributed by atoms with van der Waals surface area (Å²) >= 11 is 6.06. The van der Waals surface area contributed by atoms with Crippen molar-refractivity contribution in [1.29, 1.82) is 0 Å². The molecule has 27 heavy (non-hydrogen) atoms. The second kappa shape index (κ2) is 11.3. The lowest BCUT2D eigenvalue weighted by atomic mass is 10.2. The molecule has 1 aromatic carbocycles. The average molecular weight is 507 g/mol. The first-order valence-corrected chi connectivity index (χ1v) is 8.88. The van der Waals surface area contributed by atoms with E-state index in [9.17, 15) is 0 Å². The highest BCUT2D eigenvalue weighted by atomic mass is 127. The summed E-state index contributed by atoms with van der Waals surface area (Å²) in [5.41, 5.74) is 2.20. The zero-order valence-electron chi connectivity index (χ0n) is 16.5. The van der Waals surface area contributed by atoms with Crippen molar-refractivity contribution >= 4 is 41.5 Å². The van der Waals surface area contributed by atoms with Crippen LogP contribution in [0.25, 0.3) is 0 Å². The first-order valence-electron chi connectivity index (χ1n) is 8.50. The number of methoxy groups -OCH3 is 1. The van der Waals surface area contributed by atoms with Crippen LogP contribution in [0.3, 0.4) is 0 Å². The molecule has 2 rings (SSSR count). The topological polar surface area (TPSA) is 51.0 Å². The zero-order valence-corrected chi connectivity index (χ0v) is 19.5. The van der Waals surface area contributed by atoms with Crippen molar-refractivity contribution in [3.63, 3.8) is 0 Å². The minimum atomic E-state index is 0. The summed E-state index contributed by atoms with van der Waals surface area (Å²) in [6.45, 7) is 3.89. The molecule has 0 aliphatic heterocycles. The number of aromatic nitrogens is 1. The Hall–Kier alpha value is -1.61. The van der Waals surface area contributed by atoms with Crippen LogP contribution in [0.2, 0.25) is 5.02 Å². The second-order valence-electron chi connectivity index (χ2n) is 5.94. The van der Waals surface area contributed by atoms with Gasteiger partial charge in [-0.3, -0.25) is 4.99 Å². The zero-order chi connectivity index (χ0) is 19.1. The molecule has 0 bridgehead atoms. The maximum Gasteiger partial charge on any atom is 0.194 e. The molecule has 6 nitrogen and oxygen atoms in total. The molecule has 0 unspecified atom stereocenters. The number of guanidine groups is 1. The maximum atomic E-state index is 6.06. The van der Waals surface area contributed by atoms with Crippen molar-refractivity contribution in [2.24, 2.45) is 12.0 Å². The number of nitrogens with zero attached hydrogens (tertiary/aromatic N) is 3. The fourth-order valence-electron chi connectivity index (χ4n) is 2.71. The van der Waals surface area contributed by atoms with Crippen LogP contribution in [0.1, 0.15) is 18.2 Å². The molecule has 1 N–H and O–H groups in total. The summed E-state index contributed by atoms with van der Waals surface area (Å²) in [4.78, 5) is 6.42. The van der Waals surface area contributed by atoms with Gasteiger partial charge in [0.15, 0.2) is 17.5 Å². The Bertz CT molecular complexity index is 764. The van der Waals surface area contributed by atoms with Gasteiger partial charge in [-0.25, -0.2) is 0 Å². The van der Waals surface area contributed by atoms with E-state index in [4.69, 9.17) is 21.1 Å². The van der Waals surface area contributed by atoms with Gasteiger partial charge in [-0.2, -0.15) is 0 Å². The van der Waals surface area contributed by atoms with Crippen molar-refractivity contribution in [3.05, 3.63) is 46.7 Å². The van der Waals surface area contributed by atoms with E-state index in [1.54, 1.807) is 14.2 Å². The number of nitrogens with one attached hydrogen (secondary N) is 1. The summed E-state index contributed by atoms with van der Waals surface area (Å²) in [7, 11) is 7.40. The number of ether oxygens (including phenoxy) is 2. The number of benzene rings is 1. The Balaban J connectivity index is 0.00000364. The highest BCUT2D eigenvalue weighted by Gasteiger charge is 2.11. The lowest BCUT2D eigenvalue weighted by molar-refractivity contribution is 0.310. The minimum Gasteiger partial charge on any atom is -0.493 e. The molecule has 0 fully saturated rings. The lowest BCUT2D eigenvalue weighted by Crippen LogP contribution is -2.38. The molecule has 0 aliphatic carbocycles. The third-order valence-electron chi connectivity index (χ3n) is 4.03. The Morgan fingerprint density at radius 1 is 1.30 bits per heavy atom. The summed E-state index contributed by atoms with van der Waals surface area (Å²) in [5.74, 6) is 2.28. The van der Waals surface area contributed by atoms with Gasteiger partial charge >= 0.3 is 0 Å². The van der Waals surface area contributed by atoms with Crippen molar-refractivity contribution in [1.82, 2.24) is 14.8 Å². The van der Waals surface area contributed by atoms with E-state index in [1.165, 1.54) is 0 Å². The quantitative estimate of drug-likeness (QED) is 0.351. The fraction of sp³-hybridized carbons (Fsp3) is 0.421. The van der Waals surface area contributed by atoms with E-state index in [2.05, 4.69) is 15.2 Å². The number of hydrogen-bond acceptors (Lipinski definition) is 3. The third kappa shape index (κ3) is 6.49. The van der Waals surface area contributed by atoms with Gasteiger partial charge in [0, 0.05) is 39.6 Å². The standard InChI is InChI=1S/C19H27ClN4O2.HI/c1-6-26-18-9-14(7-8-17(18)25-5)11-22-19(21-2)24(4)13-16-10-15(20)12-23(16)3;/h7-10,12H,6,11,13H2,1-5H3,(H,21,22);1H. The van der Waals surface area contributed by atoms with Crippen LogP contribution >= 0.6 is 35.6 Å². The highest BCUT2D eigenvalue weighted by Crippen LogP contribution is 2.28. The largest absolute Gasteiger partial charge is 0.493 e. The van der Waals surface area contributed by atoms with Crippen molar-refractivity contribution in [3.8, 4) is 11.5 Å². The van der Waals surface area contributed by atoms with Gasteiger partial charge in [0.25, 0.3) is 0 Å². The van der Waals surface area contributed by atoms with E-state index in [0.29, 0.717) is 19.7 Å². The molecule has 0 atom stereocenters. The molecular weight excluding hydrogens is 479 g/mol. The molecule has 1 aromatic heterocycles. The van der Waals surface area contributed by atoms with E-state index in [-0.39, 0.29) is 24.0 Å². The maximum absolute atomic E-state index is 6.06. The van der Waals surface area contributed by atoms with Gasteiger partial charge in [0.1, 0.15) is 0 Å². The molecule has 0 amide bonds. The average Bonchev–Trinajstić information content (AvgIpc) is 2.93. The van der Waals surface area contributed by atoms with Crippen LogP contribution in [0.4, 0.5) is 0 Å². The Morgan fingerprint density at radius 3 is 2.59 bits per heavy atom. The van der Waals surface area contributed by atoms with Gasteiger partial charge in [0.2, 0.25) is 0 Å². The SMILES string of the molecule is CCOc1cc(CNC(=NC)N(C)Cc2cc(Cl)cn2C)ccc1OC.I. The predicted octanol–water partition coefficient (Wildman–Crippen LogP) is 3.91. The molecule has 1 heterocycles. The monoisotopic (exact) mass is 506 g/mol. The number of rotatable bonds is 7. The normalized spacial score (nSPS) is 11.0. The molecular formula is C19H28ClIN4O2. The van der Waals surface area contributed by atoms with Crippen LogP contribution in [0.15, 0.2) is 35.5 Å². The molecule has 0 saturated carbocycles. The van der Waals surface area contributed by atoms with Crippen molar-refractivity contribution < 1.29 is 9.47 Å². The lowest BCUT2D eigenvalue weighted by Gasteiger charge is -2.22. The van der Waals surface area contributed by atoms with Crippen LogP contribution in [0, 0.1) is 0 Å². The number of halogens is 2. The fourth-order valence-corrected chi connectivity index (χ4v) is 2.98. The molecule has 0 radical (unpaired) electrons. The van der Waals surface area contributed by atoms with Crippen LogP contribution in [-0.4, -0.2) is 43.2 Å². The van der Waals surface area contributed by atoms with E-state index in [1.807, 2.05) is 56.0 Å². The van der Waals surface area contributed by atoms with Gasteiger partial charge < -0.3 is 24.3 Å². The predicted molar refractivity (Wildman–Crippen MR) is 122 cm³/mol. The minimum absolute atomic E-state index is 0. The molecule has 150 valence electrons. The van der Waals surface area contributed by atoms with Crippen molar-refractivity contribution in [2.45, 2.75) is 20.0 Å². The van der Waals surface area contributed by atoms with Gasteiger partial charge in [-0.15, -0.1) is 24.0 Å². The van der Waals surface area contributed by atoms with Crippen LogP contribution in [0.5, 0.6) is 11.5 Å². The first kappa shape index (κ1) is 23.4. The third-order valence-corrected chi connectivity index (χ3v) is 4.23. The van der Waals surface area contributed by atoms with Crippen LogP contribution in [-0.2, 0) is 20.1 Å². The van der Waals surface area contributed by atoms with Gasteiger partial charge in [-0.1, -0.05) is 17.7 Å². The van der Waals surface area contributed by atoms with Crippen LogP contribution < -0.4 is 14.8 Å². The highest BCUT2D eigenvalue weighted by molar-refractivity contribution is 14.0. The van der Waals surface area contributed by atoms with Gasteiger partial charge in [0.05, 0.1) is 25.3 Å². The molecule has 8 heteroatoms. The van der Waals surface area contributed by atoms with E-state index in [0.717, 1.165) is 33.7 Å². The van der Waals surface area contributed by atoms with E-state index >= 15 is 0 Å². The summed E-state index contributed by atoms with van der Waals surface area (Å²) in [6, 6.07) is 7.88. The molecule has 2 aromatic rings. The Morgan fingerprint density at radius 2 is 2.04 bits per heavy atom. The van der Waals surface area contributed by atoms with Gasteiger partial charge in [-0.05, 0) is 30.7 Å². The molecule has 0 spiro atoms. The second-order valence-corrected chi connectivity index (χ2v) is 6.37. The van der Waals surface area contributed by atoms with Crippen molar-refractivity contribution in [2.75, 3.05) is 27.8 Å². The number of aliphatic imine (C=N–C) groups is 1. The summed E-state index contributed by atoms with van der Waals surface area (Å²) in [5, 5.41) is 4.11.